The molecule has 0 spiro atoms. The average molecular weight is 365 g/mol. The zero-order chi connectivity index (χ0) is 19.1. The summed E-state index contributed by atoms with van der Waals surface area (Å²) in [5, 5.41) is 4.96. The number of rotatable bonds is 8. The van der Waals surface area contributed by atoms with Crippen LogP contribution in [0.2, 0.25) is 0 Å². The molecule has 27 heavy (non-hydrogen) atoms. The molecule has 5 heteroatoms. The Morgan fingerprint density at radius 2 is 1.67 bits per heavy atom. The maximum atomic E-state index is 12.1. The van der Waals surface area contributed by atoms with E-state index in [0.717, 1.165) is 16.3 Å². The van der Waals surface area contributed by atoms with Gasteiger partial charge in [0.15, 0.2) is 18.1 Å². The van der Waals surface area contributed by atoms with Crippen molar-refractivity contribution in [2.75, 3.05) is 27.4 Å². The van der Waals surface area contributed by atoms with E-state index < -0.39 is 0 Å². The molecule has 5 nitrogen and oxygen atoms in total. The van der Waals surface area contributed by atoms with Crippen molar-refractivity contribution in [2.45, 2.75) is 6.42 Å². The van der Waals surface area contributed by atoms with Gasteiger partial charge in [-0.15, -0.1) is 0 Å². The summed E-state index contributed by atoms with van der Waals surface area (Å²) in [4.78, 5) is 12.1. The van der Waals surface area contributed by atoms with Crippen LogP contribution < -0.4 is 19.5 Å². The minimum Gasteiger partial charge on any atom is -0.493 e. The maximum absolute atomic E-state index is 12.1. The van der Waals surface area contributed by atoms with E-state index in [0.29, 0.717) is 30.2 Å². The SMILES string of the molecule is COc1ccc(CCNC(=O)COc2cccc3ccccc23)cc1OC. The summed E-state index contributed by atoms with van der Waals surface area (Å²) in [5.74, 6) is 1.93. The van der Waals surface area contributed by atoms with Crippen molar-refractivity contribution < 1.29 is 19.0 Å². The number of amides is 1. The number of methoxy groups -OCH3 is 2. The Balaban J connectivity index is 1.50. The summed E-state index contributed by atoms with van der Waals surface area (Å²) in [6, 6.07) is 19.5. The van der Waals surface area contributed by atoms with Gasteiger partial charge in [-0.2, -0.15) is 0 Å². The van der Waals surface area contributed by atoms with Gasteiger partial charge in [-0.25, -0.2) is 0 Å². The third-order valence-electron chi connectivity index (χ3n) is 4.29. The van der Waals surface area contributed by atoms with Crippen LogP contribution in [0.5, 0.6) is 17.2 Å². The van der Waals surface area contributed by atoms with E-state index >= 15 is 0 Å². The number of ether oxygens (including phenoxy) is 3. The summed E-state index contributed by atoms with van der Waals surface area (Å²) in [7, 11) is 3.21. The van der Waals surface area contributed by atoms with Crippen LogP contribution in [-0.2, 0) is 11.2 Å². The van der Waals surface area contributed by atoms with Gasteiger partial charge in [-0.1, -0.05) is 42.5 Å². The van der Waals surface area contributed by atoms with E-state index in [1.807, 2.05) is 60.7 Å². The lowest BCUT2D eigenvalue weighted by atomic mass is 10.1. The Morgan fingerprint density at radius 3 is 2.48 bits per heavy atom. The second kappa shape index (κ2) is 8.94. The molecule has 0 saturated carbocycles. The fraction of sp³-hybridized carbons (Fsp3) is 0.227. The van der Waals surface area contributed by atoms with Gasteiger partial charge in [0, 0.05) is 11.9 Å². The van der Waals surface area contributed by atoms with Crippen LogP contribution in [0.4, 0.5) is 0 Å². The van der Waals surface area contributed by atoms with Crippen LogP contribution >= 0.6 is 0 Å². The zero-order valence-corrected chi connectivity index (χ0v) is 15.5. The number of hydrogen-bond acceptors (Lipinski definition) is 4. The second-order valence-electron chi connectivity index (χ2n) is 6.06. The van der Waals surface area contributed by atoms with Crippen LogP contribution in [-0.4, -0.2) is 33.3 Å². The highest BCUT2D eigenvalue weighted by atomic mass is 16.5. The number of hydrogen-bond donors (Lipinski definition) is 1. The van der Waals surface area contributed by atoms with Gasteiger partial charge in [-0.05, 0) is 35.6 Å². The molecular formula is C22H23NO4. The molecule has 0 aromatic heterocycles. The first-order valence-corrected chi connectivity index (χ1v) is 8.79. The molecule has 0 radical (unpaired) electrons. The normalized spacial score (nSPS) is 10.4. The molecule has 0 unspecified atom stereocenters. The molecule has 1 N–H and O–H groups in total. The Hall–Kier alpha value is -3.21. The van der Waals surface area contributed by atoms with E-state index in [2.05, 4.69) is 5.32 Å². The van der Waals surface area contributed by atoms with Crippen LogP contribution in [0, 0.1) is 0 Å². The van der Waals surface area contributed by atoms with Crippen LogP contribution in [0.3, 0.4) is 0 Å². The van der Waals surface area contributed by atoms with Crippen LogP contribution in [0.15, 0.2) is 60.7 Å². The lowest BCUT2D eigenvalue weighted by Gasteiger charge is -2.11. The molecular weight excluding hydrogens is 342 g/mol. The topological polar surface area (TPSA) is 56.8 Å². The minimum atomic E-state index is -0.150. The van der Waals surface area contributed by atoms with Crippen LogP contribution in [0.25, 0.3) is 10.8 Å². The van der Waals surface area contributed by atoms with Gasteiger partial charge < -0.3 is 19.5 Å². The van der Waals surface area contributed by atoms with E-state index in [9.17, 15) is 4.79 Å². The van der Waals surface area contributed by atoms with Gasteiger partial charge in [-0.3, -0.25) is 4.79 Å². The van der Waals surface area contributed by atoms with Gasteiger partial charge in [0.1, 0.15) is 5.75 Å². The van der Waals surface area contributed by atoms with Gasteiger partial charge in [0.2, 0.25) is 0 Å². The molecule has 0 saturated heterocycles. The fourth-order valence-electron chi connectivity index (χ4n) is 2.90. The standard InChI is InChI=1S/C22H23NO4/c1-25-20-11-10-16(14-21(20)26-2)12-13-23-22(24)15-27-19-9-5-7-17-6-3-4-8-18(17)19/h3-11,14H,12-13,15H2,1-2H3,(H,23,24). The van der Waals surface area contributed by atoms with E-state index in [-0.39, 0.29) is 12.5 Å². The highest BCUT2D eigenvalue weighted by Gasteiger charge is 2.07. The van der Waals surface area contributed by atoms with E-state index in [1.165, 1.54) is 0 Å². The summed E-state index contributed by atoms with van der Waals surface area (Å²) in [5.41, 5.74) is 1.06. The molecule has 3 rings (SSSR count). The molecule has 0 atom stereocenters. The fourth-order valence-corrected chi connectivity index (χ4v) is 2.90. The quantitative estimate of drug-likeness (QED) is 0.663. The highest BCUT2D eigenvalue weighted by molar-refractivity contribution is 5.88. The average Bonchev–Trinajstić information content (AvgIpc) is 2.72. The van der Waals surface area contributed by atoms with Gasteiger partial charge >= 0.3 is 0 Å². The molecule has 0 fully saturated rings. The molecule has 3 aromatic rings. The van der Waals surface area contributed by atoms with Crippen molar-refractivity contribution in [1.29, 1.82) is 0 Å². The second-order valence-corrected chi connectivity index (χ2v) is 6.06. The van der Waals surface area contributed by atoms with Crippen molar-refractivity contribution in [1.82, 2.24) is 5.32 Å². The molecule has 3 aromatic carbocycles. The van der Waals surface area contributed by atoms with Gasteiger partial charge in [0.05, 0.1) is 14.2 Å². The number of benzene rings is 3. The third kappa shape index (κ3) is 4.70. The lowest BCUT2D eigenvalue weighted by Crippen LogP contribution is -2.30. The first-order chi connectivity index (χ1) is 13.2. The molecule has 1 amide bonds. The van der Waals surface area contributed by atoms with Crippen molar-refractivity contribution >= 4 is 16.7 Å². The van der Waals surface area contributed by atoms with Gasteiger partial charge in [0.25, 0.3) is 5.91 Å². The summed E-state index contributed by atoms with van der Waals surface area (Å²) >= 11 is 0. The Labute approximate surface area is 158 Å². The molecule has 0 aliphatic rings. The molecule has 0 heterocycles. The van der Waals surface area contributed by atoms with Crippen molar-refractivity contribution in [3.05, 3.63) is 66.2 Å². The predicted molar refractivity (Wildman–Crippen MR) is 106 cm³/mol. The Bertz CT molecular complexity index is 918. The maximum Gasteiger partial charge on any atom is 0.257 e. The zero-order valence-electron chi connectivity index (χ0n) is 15.5. The monoisotopic (exact) mass is 365 g/mol. The van der Waals surface area contributed by atoms with Crippen LogP contribution in [0.1, 0.15) is 5.56 Å². The van der Waals surface area contributed by atoms with Crippen molar-refractivity contribution in [2.24, 2.45) is 0 Å². The highest BCUT2D eigenvalue weighted by Crippen LogP contribution is 2.27. The van der Waals surface area contributed by atoms with Crippen molar-refractivity contribution in [3.63, 3.8) is 0 Å². The smallest absolute Gasteiger partial charge is 0.257 e. The first-order valence-electron chi connectivity index (χ1n) is 8.79. The molecule has 0 aliphatic carbocycles. The van der Waals surface area contributed by atoms with E-state index in [4.69, 9.17) is 14.2 Å². The summed E-state index contributed by atoms with van der Waals surface area (Å²) in [6.07, 6.45) is 0.695. The molecule has 0 aliphatic heterocycles. The van der Waals surface area contributed by atoms with Crippen molar-refractivity contribution in [3.8, 4) is 17.2 Å². The summed E-state index contributed by atoms with van der Waals surface area (Å²) in [6.45, 7) is 0.507. The first kappa shape index (κ1) is 18.6. The molecule has 140 valence electrons. The minimum absolute atomic E-state index is 0.0139. The lowest BCUT2D eigenvalue weighted by molar-refractivity contribution is -0.123. The summed E-state index contributed by atoms with van der Waals surface area (Å²) < 4.78 is 16.2. The Morgan fingerprint density at radius 1 is 0.889 bits per heavy atom. The molecule has 0 bridgehead atoms. The predicted octanol–water partition coefficient (Wildman–Crippen LogP) is 3.59. The number of fused-ring (bicyclic) bond motifs is 1. The largest absolute Gasteiger partial charge is 0.493 e. The number of carbonyl (C=O) groups excluding carboxylic acids is 1. The number of carbonyl (C=O) groups is 1. The van der Waals surface area contributed by atoms with E-state index in [1.54, 1.807) is 14.2 Å². The number of nitrogens with one attached hydrogen (secondary N) is 1. The third-order valence-corrected chi connectivity index (χ3v) is 4.29. The Kier molecular flexibility index (Phi) is 6.15.